The minimum Gasteiger partial charge on any atom is -0.488 e. The van der Waals surface area contributed by atoms with Crippen molar-refractivity contribution in [2.24, 2.45) is 7.05 Å². The molecule has 0 aliphatic carbocycles. The van der Waals surface area contributed by atoms with Crippen molar-refractivity contribution < 1.29 is 17.9 Å². The van der Waals surface area contributed by atoms with Gasteiger partial charge in [-0.05, 0) is 40.6 Å². The zero-order valence-corrected chi connectivity index (χ0v) is 14.7. The van der Waals surface area contributed by atoms with E-state index in [0.717, 1.165) is 21.0 Å². The fourth-order valence-electron chi connectivity index (χ4n) is 2.76. The lowest BCUT2D eigenvalue weighted by molar-refractivity contribution is -0.139. The van der Waals surface area contributed by atoms with Crippen LogP contribution in [0.4, 0.5) is 13.2 Å². The molecule has 0 radical (unpaired) electrons. The molecule has 0 unspecified atom stereocenters. The minimum atomic E-state index is -4.52. The lowest BCUT2D eigenvalue weighted by Crippen LogP contribution is -2.23. The highest BCUT2D eigenvalue weighted by atomic mass is 19.4. The van der Waals surface area contributed by atoms with Crippen LogP contribution in [-0.2, 0) is 26.3 Å². The first-order valence-corrected chi connectivity index (χ1v) is 8.22. The van der Waals surface area contributed by atoms with Gasteiger partial charge < -0.3 is 4.74 Å². The summed E-state index contributed by atoms with van der Waals surface area (Å²) in [6, 6.07) is 10.3. The third kappa shape index (κ3) is 3.71. The van der Waals surface area contributed by atoms with Crippen molar-refractivity contribution in [1.82, 2.24) is 19.8 Å². The van der Waals surface area contributed by atoms with Crippen molar-refractivity contribution in [2.75, 3.05) is 0 Å². The average molecular weight is 378 g/mol. The molecule has 1 heterocycles. The van der Waals surface area contributed by atoms with E-state index in [1.54, 1.807) is 12.1 Å². The number of hydrogen-bond acceptors (Lipinski definition) is 4. The first-order valence-electron chi connectivity index (χ1n) is 8.22. The number of halogens is 3. The predicted octanol–water partition coefficient (Wildman–Crippen LogP) is 3.13. The number of rotatable bonds is 5. The largest absolute Gasteiger partial charge is 0.488 e. The Morgan fingerprint density at radius 3 is 2.44 bits per heavy atom. The SMILES string of the molecule is CCc1cccc(-n2nnn(C)c2=O)c1COc1ccccc1C(F)(F)F. The fraction of sp³-hybridized carbons (Fsp3) is 0.278. The molecule has 0 spiro atoms. The van der Waals surface area contributed by atoms with Crippen LogP contribution in [0.1, 0.15) is 23.6 Å². The van der Waals surface area contributed by atoms with E-state index >= 15 is 0 Å². The van der Waals surface area contributed by atoms with Gasteiger partial charge in [-0.3, -0.25) is 0 Å². The number of aromatic nitrogens is 4. The van der Waals surface area contributed by atoms with E-state index in [2.05, 4.69) is 10.4 Å². The number of nitrogens with zero attached hydrogens (tertiary/aromatic N) is 4. The van der Waals surface area contributed by atoms with Gasteiger partial charge in [0.2, 0.25) is 0 Å². The van der Waals surface area contributed by atoms with Gasteiger partial charge in [0.25, 0.3) is 0 Å². The van der Waals surface area contributed by atoms with E-state index in [1.165, 1.54) is 25.2 Å². The molecule has 3 rings (SSSR count). The summed E-state index contributed by atoms with van der Waals surface area (Å²) in [4.78, 5) is 12.2. The second-order valence-electron chi connectivity index (χ2n) is 5.85. The van der Waals surface area contributed by atoms with Gasteiger partial charge in [0.15, 0.2) is 0 Å². The summed E-state index contributed by atoms with van der Waals surface area (Å²) < 4.78 is 47.2. The van der Waals surface area contributed by atoms with E-state index in [-0.39, 0.29) is 12.4 Å². The lowest BCUT2D eigenvalue weighted by atomic mass is 10.0. The maximum absolute atomic E-state index is 13.2. The van der Waals surface area contributed by atoms with Gasteiger partial charge in [0, 0.05) is 12.6 Å². The van der Waals surface area contributed by atoms with E-state index in [4.69, 9.17) is 4.74 Å². The summed E-state index contributed by atoms with van der Waals surface area (Å²) in [6.07, 6.45) is -3.91. The molecule has 142 valence electrons. The van der Waals surface area contributed by atoms with Gasteiger partial charge >= 0.3 is 11.9 Å². The second kappa shape index (κ2) is 7.26. The smallest absolute Gasteiger partial charge is 0.419 e. The minimum absolute atomic E-state index is 0.143. The highest BCUT2D eigenvalue weighted by Crippen LogP contribution is 2.36. The van der Waals surface area contributed by atoms with Crippen LogP contribution in [0, 0.1) is 0 Å². The molecule has 1 aromatic heterocycles. The summed E-state index contributed by atoms with van der Waals surface area (Å²) in [6.45, 7) is 1.77. The molecule has 9 heteroatoms. The molecule has 6 nitrogen and oxygen atoms in total. The topological polar surface area (TPSA) is 61.9 Å². The quantitative estimate of drug-likeness (QED) is 0.684. The maximum Gasteiger partial charge on any atom is 0.419 e. The van der Waals surface area contributed by atoms with Gasteiger partial charge in [0.1, 0.15) is 12.4 Å². The lowest BCUT2D eigenvalue weighted by Gasteiger charge is -2.17. The fourth-order valence-corrected chi connectivity index (χ4v) is 2.76. The van der Waals surface area contributed by atoms with Gasteiger partial charge in [-0.2, -0.15) is 22.5 Å². The van der Waals surface area contributed by atoms with Crippen LogP contribution >= 0.6 is 0 Å². The summed E-state index contributed by atoms with van der Waals surface area (Å²) in [7, 11) is 1.46. The molecule has 0 fully saturated rings. The molecule has 2 aromatic carbocycles. The molecule has 0 saturated heterocycles. The molecule has 0 aliphatic heterocycles. The standard InChI is InChI=1S/C18H17F3N4O2/c1-3-12-7-6-9-15(25-17(26)24(2)22-23-25)13(12)11-27-16-10-5-4-8-14(16)18(19,20)21/h4-10H,3,11H2,1-2H3. The number of para-hydroxylation sites is 1. The van der Waals surface area contributed by atoms with Crippen molar-refractivity contribution in [2.45, 2.75) is 26.1 Å². The highest BCUT2D eigenvalue weighted by Gasteiger charge is 2.34. The van der Waals surface area contributed by atoms with E-state index in [9.17, 15) is 18.0 Å². The molecule has 27 heavy (non-hydrogen) atoms. The van der Waals surface area contributed by atoms with Crippen LogP contribution in [0.15, 0.2) is 47.3 Å². The number of benzene rings is 2. The van der Waals surface area contributed by atoms with Crippen LogP contribution < -0.4 is 10.4 Å². The third-order valence-electron chi connectivity index (χ3n) is 4.14. The molecule has 0 amide bonds. The van der Waals surface area contributed by atoms with E-state index in [0.29, 0.717) is 17.7 Å². The monoisotopic (exact) mass is 378 g/mol. The Balaban J connectivity index is 2.01. The number of tetrazole rings is 1. The Kier molecular flexibility index (Phi) is 5.02. The number of ether oxygens (including phenoxy) is 1. The Morgan fingerprint density at radius 1 is 1.07 bits per heavy atom. The predicted molar refractivity (Wildman–Crippen MR) is 91.8 cm³/mol. The number of aryl methyl sites for hydroxylation is 2. The molecular formula is C18H17F3N4O2. The van der Waals surface area contributed by atoms with Crippen molar-refractivity contribution in [3.05, 3.63) is 69.6 Å². The maximum atomic E-state index is 13.2. The molecule has 0 bridgehead atoms. The molecule has 0 saturated carbocycles. The van der Waals surface area contributed by atoms with Gasteiger partial charge in [0.05, 0.1) is 11.3 Å². The van der Waals surface area contributed by atoms with E-state index < -0.39 is 17.4 Å². The van der Waals surface area contributed by atoms with Crippen molar-refractivity contribution >= 4 is 0 Å². The summed E-state index contributed by atoms with van der Waals surface area (Å²) in [5, 5.41) is 7.50. The van der Waals surface area contributed by atoms with Crippen LogP contribution in [0.3, 0.4) is 0 Å². The number of hydrogen-bond donors (Lipinski definition) is 0. The zero-order chi connectivity index (χ0) is 19.6. The van der Waals surface area contributed by atoms with Crippen LogP contribution in [0.2, 0.25) is 0 Å². The summed E-state index contributed by atoms with van der Waals surface area (Å²) in [5.74, 6) is -0.270. The molecule has 0 aliphatic rings. The third-order valence-corrected chi connectivity index (χ3v) is 4.14. The first kappa shape index (κ1) is 18.7. The number of alkyl halides is 3. The van der Waals surface area contributed by atoms with Gasteiger partial charge in [-0.25, -0.2) is 4.79 Å². The van der Waals surface area contributed by atoms with Crippen molar-refractivity contribution in [3.63, 3.8) is 0 Å². The zero-order valence-electron chi connectivity index (χ0n) is 14.7. The molecular weight excluding hydrogens is 361 g/mol. The Morgan fingerprint density at radius 2 is 1.81 bits per heavy atom. The van der Waals surface area contributed by atoms with Crippen LogP contribution in [0.25, 0.3) is 5.69 Å². The van der Waals surface area contributed by atoms with Crippen LogP contribution in [0.5, 0.6) is 5.75 Å². The Hall–Kier alpha value is -3.10. The van der Waals surface area contributed by atoms with Crippen molar-refractivity contribution in [1.29, 1.82) is 0 Å². The highest BCUT2D eigenvalue weighted by molar-refractivity contribution is 5.45. The van der Waals surface area contributed by atoms with Crippen molar-refractivity contribution in [3.8, 4) is 11.4 Å². The summed E-state index contributed by atoms with van der Waals surface area (Å²) in [5.41, 5.74) is 0.545. The Labute approximate surface area is 152 Å². The Bertz CT molecular complexity index is 1010. The van der Waals surface area contributed by atoms with E-state index in [1.807, 2.05) is 13.0 Å². The molecule has 3 aromatic rings. The first-order chi connectivity index (χ1) is 12.8. The average Bonchev–Trinajstić information content (AvgIpc) is 2.98. The normalized spacial score (nSPS) is 11.6. The van der Waals surface area contributed by atoms with Gasteiger partial charge in [-0.1, -0.05) is 31.2 Å². The summed E-state index contributed by atoms with van der Waals surface area (Å²) >= 11 is 0. The molecule has 0 N–H and O–H groups in total. The molecule has 0 atom stereocenters. The van der Waals surface area contributed by atoms with Gasteiger partial charge in [-0.15, -0.1) is 0 Å². The second-order valence-corrected chi connectivity index (χ2v) is 5.85. The van der Waals surface area contributed by atoms with Crippen LogP contribution in [-0.4, -0.2) is 19.8 Å².